The van der Waals surface area contributed by atoms with Crippen LogP contribution in [0.5, 0.6) is 0 Å². The van der Waals surface area contributed by atoms with Crippen molar-refractivity contribution in [3.8, 4) is 0 Å². The van der Waals surface area contributed by atoms with Gasteiger partial charge in [0.15, 0.2) is 5.79 Å². The minimum atomic E-state index is -0.303. The predicted molar refractivity (Wildman–Crippen MR) is 146 cm³/mol. The van der Waals surface area contributed by atoms with Gasteiger partial charge in [-0.1, -0.05) is 47.5 Å². The maximum absolute atomic E-state index is 12.4. The molecule has 4 nitrogen and oxygen atoms in total. The second-order valence-electron chi connectivity index (χ2n) is 15.0. The Labute approximate surface area is 226 Å². The number of carbonyl (C=O) groups is 1. The molecule has 2 aliphatic heterocycles. The van der Waals surface area contributed by atoms with Crippen LogP contribution >= 0.6 is 0 Å². The highest BCUT2D eigenvalue weighted by Crippen LogP contribution is 2.71. The van der Waals surface area contributed by atoms with E-state index < -0.39 is 0 Å². The summed E-state index contributed by atoms with van der Waals surface area (Å²) >= 11 is 0. The third-order valence-electron chi connectivity index (χ3n) is 13.2. The average molecular weight is 515 g/mol. The zero-order valence-corrected chi connectivity index (χ0v) is 24.4. The summed E-state index contributed by atoms with van der Waals surface area (Å²) in [7, 11) is 0. The minimum Gasteiger partial charge on any atom is -0.462 e. The van der Waals surface area contributed by atoms with Gasteiger partial charge in [-0.15, -0.1) is 0 Å². The van der Waals surface area contributed by atoms with E-state index in [4.69, 9.17) is 14.2 Å². The Kier molecular flexibility index (Phi) is 7.04. The molecule has 0 aromatic carbocycles. The van der Waals surface area contributed by atoms with Gasteiger partial charge in [-0.05, 0) is 111 Å². The van der Waals surface area contributed by atoms with Crippen molar-refractivity contribution in [2.24, 2.45) is 52.3 Å². The van der Waals surface area contributed by atoms with Crippen LogP contribution in [-0.4, -0.2) is 30.6 Å². The first kappa shape index (κ1) is 26.6. The first-order chi connectivity index (χ1) is 17.7. The molecule has 2 heterocycles. The summed E-state index contributed by atoms with van der Waals surface area (Å²) in [5, 5.41) is 0. The minimum absolute atomic E-state index is 0.0463. The highest BCUT2D eigenvalue weighted by atomic mass is 16.7. The van der Waals surface area contributed by atoms with Crippen molar-refractivity contribution >= 4 is 5.97 Å². The van der Waals surface area contributed by atoms with Crippen molar-refractivity contribution < 1.29 is 19.0 Å². The molecule has 9 unspecified atom stereocenters. The molecule has 0 amide bonds. The van der Waals surface area contributed by atoms with E-state index in [0.29, 0.717) is 41.1 Å². The maximum atomic E-state index is 12.4. The zero-order valence-electron chi connectivity index (χ0n) is 24.4. The summed E-state index contributed by atoms with van der Waals surface area (Å²) in [5.41, 5.74) is 0.818. The molecule has 6 aliphatic rings. The second-order valence-corrected chi connectivity index (χ2v) is 15.0. The first-order valence-electron chi connectivity index (χ1n) is 16.2. The van der Waals surface area contributed by atoms with E-state index in [0.717, 1.165) is 68.8 Å². The predicted octanol–water partition coefficient (Wildman–Crippen LogP) is 7.93. The molecule has 0 aromatic heterocycles. The summed E-state index contributed by atoms with van der Waals surface area (Å²) in [5.74, 6) is 4.76. The van der Waals surface area contributed by atoms with Gasteiger partial charge in [0, 0.05) is 18.8 Å². The van der Waals surface area contributed by atoms with Crippen molar-refractivity contribution in [2.45, 2.75) is 143 Å². The SMILES string of the molecule is CCCCCC(=O)OC1CC[C@]2(C)C3CC[C@@]4(C)C(CC5OC6(CCC(C)CO6)C(C)C54)C3CC[C@H]2C1. The Morgan fingerprint density at radius 1 is 0.919 bits per heavy atom. The van der Waals surface area contributed by atoms with Crippen LogP contribution in [-0.2, 0) is 19.0 Å². The lowest BCUT2D eigenvalue weighted by atomic mass is 9.44. The number of esters is 1. The first-order valence-corrected chi connectivity index (χ1v) is 16.2. The lowest BCUT2D eigenvalue weighted by Gasteiger charge is -2.61. The van der Waals surface area contributed by atoms with Crippen LogP contribution in [0, 0.1) is 52.3 Å². The van der Waals surface area contributed by atoms with Crippen molar-refractivity contribution in [1.82, 2.24) is 0 Å². The zero-order chi connectivity index (χ0) is 26.0. The lowest BCUT2D eigenvalue weighted by molar-refractivity contribution is -0.273. The van der Waals surface area contributed by atoms with Crippen LogP contribution in [0.3, 0.4) is 0 Å². The quantitative estimate of drug-likeness (QED) is 0.276. The van der Waals surface area contributed by atoms with Gasteiger partial charge in [-0.2, -0.15) is 0 Å². The summed E-state index contributed by atoms with van der Waals surface area (Å²) < 4.78 is 19.5. The van der Waals surface area contributed by atoms with Crippen molar-refractivity contribution in [3.05, 3.63) is 0 Å². The molecule has 0 radical (unpaired) electrons. The lowest BCUT2D eigenvalue weighted by Crippen LogP contribution is -2.55. The number of hydrogen-bond acceptors (Lipinski definition) is 4. The molecular weight excluding hydrogens is 460 g/mol. The highest BCUT2D eigenvalue weighted by Gasteiger charge is 2.69. The maximum Gasteiger partial charge on any atom is 0.306 e. The van der Waals surface area contributed by atoms with Crippen molar-refractivity contribution in [2.75, 3.05) is 6.61 Å². The summed E-state index contributed by atoms with van der Waals surface area (Å²) in [6.45, 7) is 13.1. The number of fused-ring (bicyclic) bond motifs is 7. The molecule has 1 spiro atoms. The topological polar surface area (TPSA) is 44.8 Å². The van der Waals surface area contributed by atoms with Gasteiger partial charge in [0.1, 0.15) is 6.10 Å². The molecule has 12 atom stereocenters. The Balaban J connectivity index is 1.12. The third kappa shape index (κ3) is 4.25. The van der Waals surface area contributed by atoms with Crippen LogP contribution in [0.25, 0.3) is 0 Å². The number of carbonyl (C=O) groups excluding carboxylic acids is 1. The normalized spacial score (nSPS) is 52.7. The van der Waals surface area contributed by atoms with E-state index in [2.05, 4.69) is 34.6 Å². The number of hydrogen-bond donors (Lipinski definition) is 0. The van der Waals surface area contributed by atoms with Crippen LogP contribution < -0.4 is 0 Å². The molecule has 4 heteroatoms. The van der Waals surface area contributed by atoms with Gasteiger partial charge in [-0.25, -0.2) is 0 Å². The van der Waals surface area contributed by atoms with E-state index in [1.54, 1.807) is 0 Å². The van der Waals surface area contributed by atoms with Crippen LogP contribution in [0.1, 0.15) is 125 Å². The van der Waals surface area contributed by atoms with Crippen molar-refractivity contribution in [1.29, 1.82) is 0 Å². The van der Waals surface area contributed by atoms with E-state index in [9.17, 15) is 4.79 Å². The standard InChI is InChI=1S/C33H54O4/c1-6-7-8-9-29(34)36-24-13-15-31(4)23(18-24)10-11-25-26(31)14-16-32(5)27(25)19-28-30(32)22(3)33(37-28)17-12-21(2)20-35-33/h21-28,30H,6-20H2,1-5H3/t21?,22?,23-,24?,25?,26?,27?,28?,30?,31-,32-,33?/m0/s1. The van der Waals surface area contributed by atoms with Gasteiger partial charge in [0.05, 0.1) is 12.7 Å². The fourth-order valence-corrected chi connectivity index (χ4v) is 11.1. The Bertz CT molecular complexity index is 847. The van der Waals surface area contributed by atoms with Crippen LogP contribution in [0.15, 0.2) is 0 Å². The molecule has 0 bridgehead atoms. The molecule has 210 valence electrons. The van der Waals surface area contributed by atoms with Gasteiger partial charge < -0.3 is 14.2 Å². The molecule has 37 heavy (non-hydrogen) atoms. The van der Waals surface area contributed by atoms with Gasteiger partial charge in [0.25, 0.3) is 0 Å². The molecule has 4 saturated carbocycles. The monoisotopic (exact) mass is 514 g/mol. The average Bonchev–Trinajstić information content (AvgIpc) is 3.31. The summed E-state index contributed by atoms with van der Waals surface area (Å²) in [4.78, 5) is 12.4. The molecule has 0 N–H and O–H groups in total. The fourth-order valence-electron chi connectivity index (χ4n) is 11.1. The molecular formula is C33H54O4. The van der Waals surface area contributed by atoms with Gasteiger partial charge in [0.2, 0.25) is 0 Å². The number of unbranched alkanes of at least 4 members (excludes halogenated alkanes) is 2. The number of rotatable bonds is 5. The highest BCUT2D eigenvalue weighted by molar-refractivity contribution is 5.69. The number of ether oxygens (including phenoxy) is 3. The molecule has 4 aliphatic carbocycles. The second kappa shape index (κ2) is 9.79. The Morgan fingerprint density at radius 3 is 2.49 bits per heavy atom. The van der Waals surface area contributed by atoms with Gasteiger partial charge in [-0.3, -0.25) is 4.79 Å². The van der Waals surface area contributed by atoms with E-state index in [1.165, 1.54) is 44.9 Å². The summed E-state index contributed by atoms with van der Waals surface area (Å²) in [6.07, 6.45) is 16.8. The Morgan fingerprint density at radius 2 is 1.73 bits per heavy atom. The Hall–Kier alpha value is -0.610. The fraction of sp³-hybridized carbons (Fsp3) is 0.970. The molecule has 2 saturated heterocycles. The van der Waals surface area contributed by atoms with Gasteiger partial charge >= 0.3 is 5.97 Å². The van der Waals surface area contributed by atoms with Crippen molar-refractivity contribution in [3.63, 3.8) is 0 Å². The van der Waals surface area contributed by atoms with E-state index in [1.807, 2.05) is 0 Å². The van der Waals surface area contributed by atoms with Crippen LogP contribution in [0.4, 0.5) is 0 Å². The smallest absolute Gasteiger partial charge is 0.306 e. The molecule has 0 aromatic rings. The molecule has 6 fully saturated rings. The largest absolute Gasteiger partial charge is 0.462 e. The van der Waals surface area contributed by atoms with E-state index >= 15 is 0 Å². The third-order valence-corrected chi connectivity index (χ3v) is 13.2. The van der Waals surface area contributed by atoms with Crippen LogP contribution in [0.2, 0.25) is 0 Å². The van der Waals surface area contributed by atoms with E-state index in [-0.39, 0.29) is 17.9 Å². The summed E-state index contributed by atoms with van der Waals surface area (Å²) in [6, 6.07) is 0. The molecule has 6 rings (SSSR count).